The Kier molecular flexibility index (Phi) is 5.95. The molecule has 1 N–H and O–H groups in total. The monoisotopic (exact) mass is 395 g/mol. The number of piperazine rings is 1. The summed E-state index contributed by atoms with van der Waals surface area (Å²) in [5.41, 5.74) is 1.70. The lowest BCUT2D eigenvalue weighted by Gasteiger charge is -2.34. The highest BCUT2D eigenvalue weighted by Crippen LogP contribution is 2.30. The first kappa shape index (κ1) is 19.3. The van der Waals surface area contributed by atoms with E-state index >= 15 is 0 Å². The van der Waals surface area contributed by atoms with Crippen LogP contribution in [-0.2, 0) is 6.54 Å². The summed E-state index contributed by atoms with van der Waals surface area (Å²) in [5.74, 6) is 1.36. The van der Waals surface area contributed by atoms with E-state index in [4.69, 9.17) is 9.47 Å². The van der Waals surface area contributed by atoms with Crippen LogP contribution in [0, 0.1) is 0 Å². The lowest BCUT2D eigenvalue weighted by Crippen LogP contribution is -2.52. The van der Waals surface area contributed by atoms with Crippen LogP contribution in [0.25, 0.3) is 0 Å². The first-order chi connectivity index (χ1) is 14.2. The molecule has 0 atom stereocenters. The third-order valence-electron chi connectivity index (χ3n) is 5.18. The molecule has 1 saturated heterocycles. The van der Waals surface area contributed by atoms with Crippen LogP contribution in [0.5, 0.6) is 11.5 Å². The number of hydrogen-bond acceptors (Lipinski definition) is 5. The third-order valence-corrected chi connectivity index (χ3v) is 5.18. The second-order valence-electron chi connectivity index (χ2n) is 7.19. The van der Waals surface area contributed by atoms with Crippen LogP contribution in [0.1, 0.15) is 15.9 Å². The largest absolute Gasteiger partial charge is 0.486 e. The van der Waals surface area contributed by atoms with Crippen molar-refractivity contribution in [1.82, 2.24) is 15.1 Å². The molecule has 2 aliphatic rings. The van der Waals surface area contributed by atoms with E-state index in [2.05, 4.69) is 10.2 Å². The Balaban J connectivity index is 1.24. The number of carbonyl (C=O) groups is 2. The van der Waals surface area contributed by atoms with Gasteiger partial charge in [-0.15, -0.1) is 0 Å². The highest BCUT2D eigenvalue weighted by atomic mass is 16.6. The quantitative estimate of drug-likeness (QED) is 0.786. The molecule has 29 heavy (non-hydrogen) atoms. The lowest BCUT2D eigenvalue weighted by molar-refractivity contribution is 0.0877. The SMILES string of the molecule is O=C(CN1CCN(C(=O)NCc2ccccc2)CC1)c1ccc2c(c1)OCCO2. The third kappa shape index (κ3) is 4.86. The molecule has 2 aliphatic heterocycles. The van der Waals surface area contributed by atoms with E-state index < -0.39 is 0 Å². The van der Waals surface area contributed by atoms with Gasteiger partial charge in [0.25, 0.3) is 0 Å². The summed E-state index contributed by atoms with van der Waals surface area (Å²) in [5, 5.41) is 2.95. The summed E-state index contributed by atoms with van der Waals surface area (Å²) in [4.78, 5) is 28.9. The lowest BCUT2D eigenvalue weighted by atomic mass is 10.1. The van der Waals surface area contributed by atoms with Crippen molar-refractivity contribution in [3.05, 3.63) is 59.7 Å². The number of carbonyl (C=O) groups excluding carboxylic acids is 2. The number of benzene rings is 2. The number of Topliss-reactive ketones (excluding diaryl/α,β-unsaturated/α-hetero) is 1. The molecule has 2 aromatic carbocycles. The second kappa shape index (κ2) is 8.96. The van der Waals surface area contributed by atoms with Gasteiger partial charge in [0.05, 0.1) is 6.54 Å². The molecule has 7 nitrogen and oxygen atoms in total. The number of nitrogens with zero attached hydrogens (tertiary/aromatic N) is 2. The van der Waals surface area contributed by atoms with Gasteiger partial charge in [0, 0.05) is 38.3 Å². The average Bonchev–Trinajstić information content (AvgIpc) is 2.78. The van der Waals surface area contributed by atoms with Crippen molar-refractivity contribution in [2.24, 2.45) is 0 Å². The number of nitrogens with one attached hydrogen (secondary N) is 1. The summed E-state index contributed by atoms with van der Waals surface area (Å²) in [6.07, 6.45) is 0. The summed E-state index contributed by atoms with van der Waals surface area (Å²) in [6.45, 7) is 4.44. The number of rotatable bonds is 5. The van der Waals surface area contributed by atoms with Crippen LogP contribution < -0.4 is 14.8 Å². The second-order valence-corrected chi connectivity index (χ2v) is 7.19. The number of urea groups is 1. The van der Waals surface area contributed by atoms with E-state index in [-0.39, 0.29) is 11.8 Å². The fourth-order valence-corrected chi connectivity index (χ4v) is 3.51. The smallest absolute Gasteiger partial charge is 0.317 e. The molecule has 0 saturated carbocycles. The highest BCUT2D eigenvalue weighted by Gasteiger charge is 2.23. The Bertz CT molecular complexity index is 864. The van der Waals surface area contributed by atoms with E-state index in [1.165, 1.54) is 0 Å². The molecule has 0 radical (unpaired) electrons. The summed E-state index contributed by atoms with van der Waals surface area (Å²) in [7, 11) is 0. The van der Waals surface area contributed by atoms with Gasteiger partial charge in [-0.25, -0.2) is 4.79 Å². The summed E-state index contributed by atoms with van der Waals surface area (Å²) >= 11 is 0. The van der Waals surface area contributed by atoms with E-state index in [1.807, 2.05) is 30.3 Å². The van der Waals surface area contributed by atoms with Crippen molar-refractivity contribution in [3.63, 3.8) is 0 Å². The Morgan fingerprint density at radius 3 is 2.38 bits per heavy atom. The Morgan fingerprint density at radius 2 is 1.62 bits per heavy atom. The zero-order valence-corrected chi connectivity index (χ0v) is 16.3. The van der Waals surface area contributed by atoms with Crippen LogP contribution in [0.3, 0.4) is 0 Å². The Hall–Kier alpha value is -3.06. The zero-order chi connectivity index (χ0) is 20.1. The van der Waals surface area contributed by atoms with E-state index in [0.29, 0.717) is 69.5 Å². The molecule has 152 valence electrons. The number of amides is 2. The zero-order valence-electron chi connectivity index (χ0n) is 16.3. The molecular weight excluding hydrogens is 370 g/mol. The van der Waals surface area contributed by atoms with Crippen LogP contribution in [-0.4, -0.2) is 67.6 Å². The molecule has 0 aromatic heterocycles. The highest BCUT2D eigenvalue weighted by molar-refractivity contribution is 5.98. The molecular formula is C22H25N3O4. The van der Waals surface area contributed by atoms with Gasteiger partial charge >= 0.3 is 6.03 Å². The van der Waals surface area contributed by atoms with Gasteiger partial charge in [-0.3, -0.25) is 9.69 Å². The normalized spacial score (nSPS) is 16.3. The average molecular weight is 395 g/mol. The summed E-state index contributed by atoms with van der Waals surface area (Å²) in [6, 6.07) is 15.1. The van der Waals surface area contributed by atoms with E-state index in [9.17, 15) is 9.59 Å². The maximum Gasteiger partial charge on any atom is 0.317 e. The van der Waals surface area contributed by atoms with Gasteiger partial charge in [0.2, 0.25) is 0 Å². The van der Waals surface area contributed by atoms with Crippen molar-refractivity contribution in [2.45, 2.75) is 6.54 Å². The fraction of sp³-hybridized carbons (Fsp3) is 0.364. The number of ether oxygens (including phenoxy) is 2. The first-order valence-electron chi connectivity index (χ1n) is 9.91. The predicted octanol–water partition coefficient (Wildman–Crippen LogP) is 2.17. The molecule has 2 aromatic rings. The van der Waals surface area contributed by atoms with Gasteiger partial charge < -0.3 is 19.7 Å². The van der Waals surface area contributed by atoms with E-state index in [0.717, 1.165) is 5.56 Å². The van der Waals surface area contributed by atoms with Crippen LogP contribution in [0.4, 0.5) is 4.79 Å². The summed E-state index contributed by atoms with van der Waals surface area (Å²) < 4.78 is 11.1. The van der Waals surface area contributed by atoms with Gasteiger partial charge in [-0.05, 0) is 23.8 Å². The minimum absolute atomic E-state index is 0.0453. The molecule has 2 amide bonds. The van der Waals surface area contributed by atoms with Gasteiger partial charge in [-0.2, -0.15) is 0 Å². The van der Waals surface area contributed by atoms with Crippen molar-refractivity contribution in [2.75, 3.05) is 45.9 Å². The molecule has 0 bridgehead atoms. The maximum absolute atomic E-state index is 12.6. The fourth-order valence-electron chi connectivity index (χ4n) is 3.51. The standard InChI is InChI=1S/C22H25N3O4/c26-19(18-6-7-20-21(14-18)29-13-12-28-20)16-24-8-10-25(11-9-24)22(27)23-15-17-4-2-1-3-5-17/h1-7,14H,8-13,15-16H2,(H,23,27). The predicted molar refractivity (Wildman–Crippen MR) is 108 cm³/mol. The van der Waals surface area contributed by atoms with Crippen LogP contribution >= 0.6 is 0 Å². The number of ketones is 1. The minimum Gasteiger partial charge on any atom is -0.486 e. The van der Waals surface area contributed by atoms with Crippen molar-refractivity contribution in [1.29, 1.82) is 0 Å². The van der Waals surface area contributed by atoms with Crippen molar-refractivity contribution >= 4 is 11.8 Å². The maximum atomic E-state index is 12.6. The number of fused-ring (bicyclic) bond motifs is 1. The molecule has 2 heterocycles. The molecule has 1 fully saturated rings. The molecule has 7 heteroatoms. The first-order valence-corrected chi connectivity index (χ1v) is 9.91. The molecule has 0 unspecified atom stereocenters. The van der Waals surface area contributed by atoms with Crippen molar-refractivity contribution < 1.29 is 19.1 Å². The Labute approximate surface area is 170 Å². The van der Waals surface area contributed by atoms with Crippen molar-refractivity contribution in [3.8, 4) is 11.5 Å². The molecule has 4 rings (SSSR count). The van der Waals surface area contributed by atoms with Crippen LogP contribution in [0.15, 0.2) is 48.5 Å². The topological polar surface area (TPSA) is 71.1 Å². The van der Waals surface area contributed by atoms with E-state index in [1.54, 1.807) is 23.1 Å². The molecule has 0 aliphatic carbocycles. The Morgan fingerprint density at radius 1 is 0.897 bits per heavy atom. The molecule has 0 spiro atoms. The van der Waals surface area contributed by atoms with Crippen LogP contribution in [0.2, 0.25) is 0 Å². The van der Waals surface area contributed by atoms with Gasteiger partial charge in [0.15, 0.2) is 17.3 Å². The van der Waals surface area contributed by atoms with Gasteiger partial charge in [-0.1, -0.05) is 30.3 Å². The van der Waals surface area contributed by atoms with Gasteiger partial charge in [0.1, 0.15) is 13.2 Å². The number of hydrogen-bond donors (Lipinski definition) is 1. The minimum atomic E-state index is -0.0633.